The number of sulfonamides is 1. The maximum atomic E-state index is 11.7. The molecule has 0 heterocycles. The summed E-state index contributed by atoms with van der Waals surface area (Å²) in [4.78, 5) is 0. The third-order valence-electron chi connectivity index (χ3n) is 2.28. The zero-order chi connectivity index (χ0) is 12.9. The molecule has 0 amide bonds. The zero-order valence-electron chi connectivity index (χ0n) is 9.35. The Balaban J connectivity index is 2.68. The fraction of sp³-hybridized carbons (Fsp3) is 0.364. The van der Waals surface area contributed by atoms with Crippen LogP contribution in [0.25, 0.3) is 0 Å². The van der Waals surface area contributed by atoms with Gasteiger partial charge in [0, 0.05) is 11.6 Å². The van der Waals surface area contributed by atoms with Gasteiger partial charge in [0.1, 0.15) is 0 Å². The van der Waals surface area contributed by atoms with Gasteiger partial charge in [-0.05, 0) is 24.1 Å². The zero-order valence-corrected chi connectivity index (χ0v) is 10.9. The van der Waals surface area contributed by atoms with E-state index in [1.165, 1.54) is 0 Å². The predicted molar refractivity (Wildman–Crippen MR) is 66.9 cm³/mol. The number of hydrogen-bond donors (Lipinski definition) is 1. The van der Waals surface area contributed by atoms with Crippen LogP contribution in [0.2, 0.25) is 5.02 Å². The van der Waals surface area contributed by atoms with Gasteiger partial charge in [-0.1, -0.05) is 30.7 Å². The van der Waals surface area contributed by atoms with E-state index in [0.29, 0.717) is 5.02 Å². The Morgan fingerprint density at radius 2 is 2.00 bits per heavy atom. The van der Waals surface area contributed by atoms with Gasteiger partial charge in [0.25, 0.3) is 0 Å². The predicted octanol–water partition coefficient (Wildman–Crippen LogP) is 2.06. The Hall–Kier alpha value is -1.09. The largest absolute Gasteiger partial charge is 0.228 e. The minimum absolute atomic E-state index is 0.164. The molecule has 0 aliphatic heterocycles. The van der Waals surface area contributed by atoms with Crippen LogP contribution in [0.15, 0.2) is 24.3 Å². The van der Waals surface area contributed by atoms with Crippen molar-refractivity contribution in [1.82, 2.24) is 4.72 Å². The fourth-order valence-electron chi connectivity index (χ4n) is 1.27. The van der Waals surface area contributed by atoms with Gasteiger partial charge >= 0.3 is 0 Å². The molecule has 1 aromatic rings. The van der Waals surface area contributed by atoms with Crippen LogP contribution in [0.1, 0.15) is 18.9 Å². The Kier molecular flexibility index (Phi) is 4.94. The van der Waals surface area contributed by atoms with E-state index in [9.17, 15) is 8.42 Å². The first-order valence-corrected chi connectivity index (χ1v) is 7.04. The number of benzene rings is 1. The summed E-state index contributed by atoms with van der Waals surface area (Å²) >= 11 is 5.72. The highest BCUT2D eigenvalue weighted by Gasteiger charge is 2.22. The average molecular weight is 273 g/mol. The molecule has 0 aliphatic rings. The quantitative estimate of drug-likeness (QED) is 0.892. The molecule has 0 fully saturated rings. The summed E-state index contributed by atoms with van der Waals surface area (Å²) in [6, 6.07) is 8.61. The lowest BCUT2D eigenvalue weighted by Gasteiger charge is -2.09. The molecule has 17 heavy (non-hydrogen) atoms. The number of nitrogens with one attached hydrogen (secondary N) is 1. The van der Waals surface area contributed by atoms with Crippen molar-refractivity contribution < 1.29 is 8.42 Å². The molecule has 0 aromatic heterocycles. The van der Waals surface area contributed by atoms with E-state index in [1.807, 2.05) is 0 Å². The van der Waals surface area contributed by atoms with Crippen LogP contribution in [0, 0.1) is 11.3 Å². The SMILES string of the molecule is CCC(C#N)S(=O)(=O)NCc1ccc(Cl)cc1. The fourth-order valence-corrected chi connectivity index (χ4v) is 2.54. The molecule has 1 atom stereocenters. The molecule has 0 saturated heterocycles. The second-order valence-corrected chi connectivity index (χ2v) is 5.90. The van der Waals surface area contributed by atoms with Gasteiger partial charge in [-0.25, -0.2) is 13.1 Å². The van der Waals surface area contributed by atoms with Gasteiger partial charge in [-0.15, -0.1) is 0 Å². The summed E-state index contributed by atoms with van der Waals surface area (Å²) in [6.45, 7) is 1.83. The Morgan fingerprint density at radius 1 is 1.41 bits per heavy atom. The molecule has 1 N–H and O–H groups in total. The minimum Gasteiger partial charge on any atom is -0.211 e. The maximum Gasteiger partial charge on any atom is 0.228 e. The van der Waals surface area contributed by atoms with E-state index in [-0.39, 0.29) is 13.0 Å². The lowest BCUT2D eigenvalue weighted by molar-refractivity contribution is 0.572. The first kappa shape index (κ1) is 14.0. The van der Waals surface area contributed by atoms with Crippen LogP contribution < -0.4 is 4.72 Å². The molecule has 0 aliphatic carbocycles. The smallest absolute Gasteiger partial charge is 0.211 e. The first-order chi connectivity index (χ1) is 7.99. The van der Waals surface area contributed by atoms with Gasteiger partial charge in [0.05, 0.1) is 6.07 Å². The molecule has 0 radical (unpaired) electrons. The van der Waals surface area contributed by atoms with Crippen LogP contribution in [0.5, 0.6) is 0 Å². The minimum atomic E-state index is -3.57. The molecule has 0 bridgehead atoms. The number of halogens is 1. The van der Waals surface area contributed by atoms with Crippen molar-refractivity contribution in [3.8, 4) is 6.07 Å². The van der Waals surface area contributed by atoms with E-state index in [4.69, 9.17) is 16.9 Å². The van der Waals surface area contributed by atoms with Gasteiger partial charge < -0.3 is 0 Å². The molecule has 1 unspecified atom stereocenters. The number of nitriles is 1. The molecule has 1 rings (SSSR count). The molecule has 4 nitrogen and oxygen atoms in total. The van der Waals surface area contributed by atoms with Gasteiger partial charge in [-0.3, -0.25) is 0 Å². The third-order valence-corrected chi connectivity index (χ3v) is 4.27. The van der Waals surface area contributed by atoms with Gasteiger partial charge in [-0.2, -0.15) is 5.26 Å². The Morgan fingerprint density at radius 3 is 2.47 bits per heavy atom. The Labute approximate surface area is 106 Å². The van der Waals surface area contributed by atoms with E-state index >= 15 is 0 Å². The highest BCUT2D eigenvalue weighted by Crippen LogP contribution is 2.10. The van der Waals surface area contributed by atoms with Crippen molar-refractivity contribution in [2.75, 3.05) is 0 Å². The molecular weight excluding hydrogens is 260 g/mol. The van der Waals surface area contributed by atoms with Crippen LogP contribution in [0.4, 0.5) is 0 Å². The number of rotatable bonds is 5. The standard InChI is InChI=1S/C11H13ClN2O2S/c1-2-11(7-13)17(15,16)14-8-9-3-5-10(12)6-4-9/h3-6,11,14H,2,8H2,1H3. The number of hydrogen-bond acceptors (Lipinski definition) is 3. The van der Waals surface area contributed by atoms with Crippen molar-refractivity contribution in [3.05, 3.63) is 34.9 Å². The van der Waals surface area contributed by atoms with Crippen molar-refractivity contribution in [1.29, 1.82) is 5.26 Å². The van der Waals surface area contributed by atoms with Crippen LogP contribution in [-0.2, 0) is 16.6 Å². The summed E-state index contributed by atoms with van der Waals surface area (Å²) in [5.74, 6) is 0. The van der Waals surface area contributed by atoms with Crippen molar-refractivity contribution in [2.45, 2.75) is 25.1 Å². The van der Waals surface area contributed by atoms with Crippen LogP contribution in [-0.4, -0.2) is 13.7 Å². The average Bonchev–Trinajstić information content (AvgIpc) is 2.29. The van der Waals surface area contributed by atoms with Gasteiger partial charge in [0.15, 0.2) is 5.25 Å². The monoisotopic (exact) mass is 272 g/mol. The van der Waals surface area contributed by atoms with E-state index in [2.05, 4.69) is 4.72 Å². The topological polar surface area (TPSA) is 70.0 Å². The summed E-state index contributed by atoms with van der Waals surface area (Å²) in [5, 5.41) is 8.30. The van der Waals surface area contributed by atoms with Crippen molar-refractivity contribution in [3.63, 3.8) is 0 Å². The van der Waals surface area contributed by atoms with Crippen molar-refractivity contribution in [2.24, 2.45) is 0 Å². The van der Waals surface area contributed by atoms with Gasteiger partial charge in [0.2, 0.25) is 10.0 Å². The Bertz CT molecular complexity index is 505. The maximum absolute atomic E-state index is 11.7. The van der Waals surface area contributed by atoms with Crippen LogP contribution in [0.3, 0.4) is 0 Å². The molecule has 92 valence electrons. The third kappa shape index (κ3) is 4.00. The van der Waals surface area contributed by atoms with E-state index in [1.54, 1.807) is 37.3 Å². The summed E-state index contributed by atoms with van der Waals surface area (Å²) in [5.41, 5.74) is 0.797. The summed E-state index contributed by atoms with van der Waals surface area (Å²) < 4.78 is 25.8. The molecule has 0 spiro atoms. The lowest BCUT2D eigenvalue weighted by Crippen LogP contribution is -2.32. The van der Waals surface area contributed by atoms with E-state index in [0.717, 1.165) is 5.56 Å². The number of nitrogens with zero attached hydrogens (tertiary/aromatic N) is 1. The molecule has 6 heteroatoms. The first-order valence-electron chi connectivity index (χ1n) is 5.12. The summed E-state index contributed by atoms with van der Waals surface area (Å²) in [7, 11) is -3.57. The summed E-state index contributed by atoms with van der Waals surface area (Å²) in [6.07, 6.45) is 0.270. The second-order valence-electron chi connectivity index (χ2n) is 3.52. The van der Waals surface area contributed by atoms with Crippen molar-refractivity contribution >= 4 is 21.6 Å². The highest BCUT2D eigenvalue weighted by atomic mass is 35.5. The van der Waals surface area contributed by atoms with Crippen LogP contribution >= 0.6 is 11.6 Å². The lowest BCUT2D eigenvalue weighted by atomic mass is 10.2. The van der Waals surface area contributed by atoms with E-state index < -0.39 is 15.3 Å². The second kappa shape index (κ2) is 6.01. The molecule has 0 saturated carbocycles. The molecular formula is C11H13ClN2O2S. The molecule has 1 aromatic carbocycles. The normalized spacial score (nSPS) is 13.0. The highest BCUT2D eigenvalue weighted by molar-refractivity contribution is 7.90.